The van der Waals surface area contributed by atoms with Crippen LogP contribution in [0.3, 0.4) is 0 Å². The molecule has 0 fully saturated rings. The molecule has 0 atom stereocenters. The van der Waals surface area contributed by atoms with E-state index in [1.54, 1.807) is 30.1 Å². The van der Waals surface area contributed by atoms with E-state index in [4.69, 9.17) is 5.11 Å². The number of carboxylic acids is 1. The van der Waals surface area contributed by atoms with Gasteiger partial charge in [0.05, 0.1) is 18.4 Å². The SMILES string of the molecule is Cc1ccn(Cc2cnn(-c3ccccc3)c2)c(=O)c1C(=O)O. The zero-order valence-electron chi connectivity index (χ0n) is 12.5. The largest absolute Gasteiger partial charge is 0.477 e. The van der Waals surface area contributed by atoms with Crippen molar-refractivity contribution >= 4 is 5.97 Å². The Hall–Kier alpha value is -3.15. The van der Waals surface area contributed by atoms with E-state index in [9.17, 15) is 9.59 Å². The highest BCUT2D eigenvalue weighted by Crippen LogP contribution is 2.09. The van der Waals surface area contributed by atoms with Gasteiger partial charge in [-0.25, -0.2) is 9.48 Å². The maximum Gasteiger partial charge on any atom is 0.341 e. The lowest BCUT2D eigenvalue weighted by Gasteiger charge is -2.07. The third-order valence-corrected chi connectivity index (χ3v) is 3.60. The second-order valence-corrected chi connectivity index (χ2v) is 5.24. The van der Waals surface area contributed by atoms with Crippen molar-refractivity contribution in [3.05, 3.63) is 82.0 Å². The predicted molar refractivity (Wildman–Crippen MR) is 85.1 cm³/mol. The standard InChI is InChI=1S/C17H15N3O3/c1-12-7-8-19(16(21)15(12)17(22)23)10-13-9-18-20(11-13)14-5-3-2-4-6-14/h2-9,11H,10H2,1H3,(H,22,23). The van der Waals surface area contributed by atoms with Crippen molar-refractivity contribution in [1.82, 2.24) is 14.3 Å². The van der Waals surface area contributed by atoms with Gasteiger partial charge in [0.15, 0.2) is 0 Å². The van der Waals surface area contributed by atoms with E-state index in [2.05, 4.69) is 5.10 Å². The van der Waals surface area contributed by atoms with E-state index < -0.39 is 11.5 Å². The highest BCUT2D eigenvalue weighted by molar-refractivity contribution is 5.88. The minimum absolute atomic E-state index is 0.192. The van der Waals surface area contributed by atoms with Crippen LogP contribution in [0.25, 0.3) is 5.69 Å². The lowest BCUT2D eigenvalue weighted by atomic mass is 10.1. The Kier molecular flexibility index (Phi) is 3.80. The third kappa shape index (κ3) is 2.91. The van der Waals surface area contributed by atoms with Crippen molar-refractivity contribution < 1.29 is 9.90 Å². The van der Waals surface area contributed by atoms with Gasteiger partial charge in [0.1, 0.15) is 5.56 Å². The Morgan fingerprint density at radius 2 is 1.96 bits per heavy atom. The van der Waals surface area contributed by atoms with Gasteiger partial charge < -0.3 is 9.67 Å². The van der Waals surface area contributed by atoms with Gasteiger partial charge >= 0.3 is 5.97 Å². The molecule has 116 valence electrons. The smallest absolute Gasteiger partial charge is 0.341 e. The summed E-state index contributed by atoms with van der Waals surface area (Å²) in [5, 5.41) is 13.4. The lowest BCUT2D eigenvalue weighted by molar-refractivity contribution is 0.0693. The number of aromatic carboxylic acids is 1. The van der Waals surface area contributed by atoms with Crippen LogP contribution in [-0.2, 0) is 6.54 Å². The van der Waals surface area contributed by atoms with Gasteiger partial charge in [0.2, 0.25) is 0 Å². The minimum Gasteiger partial charge on any atom is -0.477 e. The number of aromatic nitrogens is 3. The van der Waals surface area contributed by atoms with Gasteiger partial charge in [-0.15, -0.1) is 0 Å². The normalized spacial score (nSPS) is 10.7. The van der Waals surface area contributed by atoms with Crippen molar-refractivity contribution in [2.45, 2.75) is 13.5 Å². The van der Waals surface area contributed by atoms with E-state index in [0.717, 1.165) is 11.3 Å². The number of rotatable bonds is 4. The molecule has 3 aromatic rings. The summed E-state index contributed by atoms with van der Waals surface area (Å²) in [6.45, 7) is 1.88. The van der Waals surface area contributed by atoms with Crippen LogP contribution in [0, 0.1) is 6.92 Å². The third-order valence-electron chi connectivity index (χ3n) is 3.60. The molecule has 1 N–H and O–H groups in total. The fraction of sp³-hybridized carbons (Fsp3) is 0.118. The molecule has 0 spiro atoms. The number of hydrogen-bond donors (Lipinski definition) is 1. The molecule has 0 unspecified atom stereocenters. The molecular weight excluding hydrogens is 294 g/mol. The molecule has 1 aromatic carbocycles. The molecule has 23 heavy (non-hydrogen) atoms. The molecule has 0 bridgehead atoms. The van der Waals surface area contributed by atoms with Gasteiger partial charge in [-0.3, -0.25) is 4.79 Å². The summed E-state index contributed by atoms with van der Waals surface area (Å²) in [4.78, 5) is 23.5. The van der Waals surface area contributed by atoms with E-state index in [1.165, 1.54) is 4.57 Å². The summed E-state index contributed by atoms with van der Waals surface area (Å²) < 4.78 is 3.09. The molecule has 2 heterocycles. The zero-order chi connectivity index (χ0) is 16.4. The second kappa shape index (κ2) is 5.92. The van der Waals surface area contributed by atoms with Gasteiger partial charge in [0.25, 0.3) is 5.56 Å². The highest BCUT2D eigenvalue weighted by Gasteiger charge is 2.14. The summed E-state index contributed by atoms with van der Waals surface area (Å²) in [5.41, 5.74) is 1.49. The van der Waals surface area contributed by atoms with Crippen molar-refractivity contribution in [2.24, 2.45) is 0 Å². The fourth-order valence-electron chi connectivity index (χ4n) is 2.41. The van der Waals surface area contributed by atoms with Crippen LogP contribution in [0.5, 0.6) is 0 Å². The first-order chi connectivity index (χ1) is 11.1. The van der Waals surface area contributed by atoms with Crippen molar-refractivity contribution in [1.29, 1.82) is 0 Å². The Morgan fingerprint density at radius 1 is 1.22 bits per heavy atom. The summed E-state index contributed by atoms with van der Waals surface area (Å²) >= 11 is 0. The van der Waals surface area contributed by atoms with E-state index in [1.807, 2.05) is 36.5 Å². The molecule has 0 radical (unpaired) electrons. The Labute approximate surface area is 132 Å². The van der Waals surface area contributed by atoms with E-state index >= 15 is 0 Å². The summed E-state index contributed by atoms with van der Waals surface area (Å²) in [6.07, 6.45) is 5.09. The molecule has 3 rings (SSSR count). The number of nitrogens with zero attached hydrogens (tertiary/aromatic N) is 3. The number of carboxylic acid groups (broad SMARTS) is 1. The summed E-state index contributed by atoms with van der Waals surface area (Å²) in [7, 11) is 0. The average Bonchev–Trinajstić information content (AvgIpc) is 2.99. The number of pyridine rings is 1. The first kappa shape index (κ1) is 14.8. The summed E-state index contributed by atoms with van der Waals surface area (Å²) in [5.74, 6) is -1.21. The van der Waals surface area contributed by atoms with Crippen molar-refractivity contribution in [2.75, 3.05) is 0 Å². The Balaban J connectivity index is 1.92. The Morgan fingerprint density at radius 3 is 2.65 bits per heavy atom. The lowest BCUT2D eigenvalue weighted by Crippen LogP contribution is -2.27. The number of carbonyl (C=O) groups is 1. The maximum atomic E-state index is 12.3. The molecule has 0 aliphatic heterocycles. The quantitative estimate of drug-likeness (QED) is 0.800. The van der Waals surface area contributed by atoms with Gasteiger partial charge in [-0.05, 0) is 30.7 Å². The number of para-hydroxylation sites is 1. The summed E-state index contributed by atoms with van der Waals surface area (Å²) in [6, 6.07) is 11.2. The topological polar surface area (TPSA) is 77.1 Å². The minimum atomic E-state index is -1.21. The average molecular weight is 309 g/mol. The van der Waals surface area contributed by atoms with Crippen LogP contribution in [-0.4, -0.2) is 25.4 Å². The Bertz CT molecular complexity index is 910. The molecular formula is C17H15N3O3. The van der Waals surface area contributed by atoms with Crippen molar-refractivity contribution in [3.8, 4) is 5.69 Å². The molecule has 6 heteroatoms. The first-order valence-corrected chi connectivity index (χ1v) is 7.08. The number of aryl methyl sites for hydroxylation is 1. The number of benzene rings is 1. The fourth-order valence-corrected chi connectivity index (χ4v) is 2.41. The van der Waals surface area contributed by atoms with E-state index in [0.29, 0.717) is 5.56 Å². The maximum absolute atomic E-state index is 12.3. The van der Waals surface area contributed by atoms with Crippen LogP contribution in [0.1, 0.15) is 21.5 Å². The molecule has 0 saturated carbocycles. The second-order valence-electron chi connectivity index (χ2n) is 5.24. The van der Waals surface area contributed by atoms with E-state index in [-0.39, 0.29) is 12.1 Å². The van der Waals surface area contributed by atoms with Crippen LogP contribution < -0.4 is 5.56 Å². The first-order valence-electron chi connectivity index (χ1n) is 7.08. The monoisotopic (exact) mass is 309 g/mol. The highest BCUT2D eigenvalue weighted by atomic mass is 16.4. The molecule has 2 aromatic heterocycles. The molecule has 0 aliphatic rings. The predicted octanol–water partition coefficient (Wildman–Crippen LogP) is 2.09. The van der Waals surface area contributed by atoms with Gasteiger partial charge in [0, 0.05) is 18.0 Å². The van der Waals surface area contributed by atoms with Gasteiger partial charge in [-0.1, -0.05) is 18.2 Å². The van der Waals surface area contributed by atoms with Crippen LogP contribution in [0.4, 0.5) is 0 Å². The van der Waals surface area contributed by atoms with Crippen LogP contribution >= 0.6 is 0 Å². The molecule has 6 nitrogen and oxygen atoms in total. The molecule has 0 saturated heterocycles. The van der Waals surface area contributed by atoms with Gasteiger partial charge in [-0.2, -0.15) is 5.10 Å². The van der Waals surface area contributed by atoms with Crippen LogP contribution in [0.2, 0.25) is 0 Å². The zero-order valence-corrected chi connectivity index (χ0v) is 12.5. The van der Waals surface area contributed by atoms with Crippen LogP contribution in [0.15, 0.2) is 59.8 Å². The molecule has 0 amide bonds. The number of hydrogen-bond acceptors (Lipinski definition) is 3. The molecule has 0 aliphatic carbocycles. The van der Waals surface area contributed by atoms with Crippen molar-refractivity contribution in [3.63, 3.8) is 0 Å².